The number of hydrogen-bond donors (Lipinski definition) is 2. The standard InChI is InChI=1S/C9H11N3OS/c1-7(13)14-5-3-2-4-8-6-9(10)12-11-8/h6H,3,5H2,1H3,(H3,10,11,12). The molecule has 1 aromatic heterocycles. The number of aromatic amines is 1. The van der Waals surface area contributed by atoms with E-state index in [2.05, 4.69) is 22.0 Å². The summed E-state index contributed by atoms with van der Waals surface area (Å²) in [6, 6.07) is 1.67. The van der Waals surface area contributed by atoms with Crippen LogP contribution in [0.3, 0.4) is 0 Å². The van der Waals surface area contributed by atoms with Crippen molar-refractivity contribution in [2.45, 2.75) is 13.3 Å². The topological polar surface area (TPSA) is 71.8 Å². The summed E-state index contributed by atoms with van der Waals surface area (Å²) in [6.45, 7) is 1.55. The van der Waals surface area contributed by atoms with Gasteiger partial charge in [-0.3, -0.25) is 9.89 Å². The van der Waals surface area contributed by atoms with E-state index in [0.29, 0.717) is 17.9 Å². The van der Waals surface area contributed by atoms with Gasteiger partial charge in [0.05, 0.1) is 0 Å². The van der Waals surface area contributed by atoms with Gasteiger partial charge in [-0.15, -0.1) is 0 Å². The summed E-state index contributed by atoms with van der Waals surface area (Å²) in [6.07, 6.45) is 0.684. The van der Waals surface area contributed by atoms with E-state index in [9.17, 15) is 4.79 Å². The van der Waals surface area contributed by atoms with Gasteiger partial charge >= 0.3 is 0 Å². The number of rotatable bonds is 2. The van der Waals surface area contributed by atoms with Crippen molar-refractivity contribution in [1.82, 2.24) is 10.2 Å². The second-order valence-corrected chi connectivity index (χ2v) is 3.87. The molecule has 1 rings (SSSR count). The van der Waals surface area contributed by atoms with Gasteiger partial charge in [0, 0.05) is 25.2 Å². The van der Waals surface area contributed by atoms with Gasteiger partial charge in [0.25, 0.3) is 0 Å². The Labute approximate surface area is 86.6 Å². The molecule has 14 heavy (non-hydrogen) atoms. The zero-order chi connectivity index (χ0) is 10.4. The number of aromatic nitrogens is 2. The second kappa shape index (κ2) is 5.35. The number of thioether (sulfide) groups is 1. The monoisotopic (exact) mass is 209 g/mol. The van der Waals surface area contributed by atoms with E-state index in [-0.39, 0.29) is 5.12 Å². The molecule has 0 atom stereocenters. The molecule has 0 aliphatic carbocycles. The third kappa shape index (κ3) is 4.01. The predicted molar refractivity (Wildman–Crippen MR) is 57.6 cm³/mol. The quantitative estimate of drug-likeness (QED) is 0.563. The van der Waals surface area contributed by atoms with Crippen LogP contribution in [0.1, 0.15) is 19.0 Å². The number of carbonyl (C=O) groups is 1. The van der Waals surface area contributed by atoms with Crippen LogP contribution in [-0.4, -0.2) is 21.1 Å². The fourth-order valence-electron chi connectivity index (χ4n) is 0.805. The van der Waals surface area contributed by atoms with E-state index in [1.165, 1.54) is 11.8 Å². The maximum absolute atomic E-state index is 10.6. The molecule has 0 fully saturated rings. The van der Waals surface area contributed by atoms with Crippen molar-refractivity contribution in [2.75, 3.05) is 11.5 Å². The van der Waals surface area contributed by atoms with Crippen LogP contribution in [0, 0.1) is 11.8 Å². The summed E-state index contributed by atoms with van der Waals surface area (Å²) in [4.78, 5) is 10.6. The number of nitrogens with two attached hydrogens (primary N) is 1. The number of carbonyl (C=O) groups excluding carboxylic acids is 1. The van der Waals surface area contributed by atoms with Crippen LogP contribution in [0.2, 0.25) is 0 Å². The highest BCUT2D eigenvalue weighted by Gasteiger charge is 1.92. The fourth-order valence-corrected chi connectivity index (χ4v) is 1.30. The highest BCUT2D eigenvalue weighted by molar-refractivity contribution is 8.13. The molecule has 0 aliphatic rings. The van der Waals surface area contributed by atoms with Gasteiger partial charge in [-0.05, 0) is 5.92 Å². The van der Waals surface area contributed by atoms with Crippen molar-refractivity contribution in [1.29, 1.82) is 0 Å². The Hall–Kier alpha value is -1.41. The Morgan fingerprint density at radius 2 is 2.57 bits per heavy atom. The molecule has 5 heteroatoms. The molecule has 0 saturated heterocycles. The fraction of sp³-hybridized carbons (Fsp3) is 0.333. The third-order valence-corrected chi connectivity index (χ3v) is 2.17. The minimum atomic E-state index is 0.123. The molecular formula is C9H11N3OS. The molecule has 0 unspecified atom stereocenters. The molecule has 0 radical (unpaired) electrons. The number of anilines is 1. The number of nitrogens with zero attached hydrogens (tertiary/aromatic N) is 1. The first-order valence-electron chi connectivity index (χ1n) is 4.11. The molecule has 1 aromatic rings. The van der Waals surface area contributed by atoms with Crippen molar-refractivity contribution >= 4 is 22.7 Å². The number of nitrogens with one attached hydrogen (secondary N) is 1. The van der Waals surface area contributed by atoms with Crippen LogP contribution in [0.4, 0.5) is 5.82 Å². The Morgan fingerprint density at radius 3 is 3.14 bits per heavy atom. The summed E-state index contributed by atoms with van der Waals surface area (Å²) in [5.41, 5.74) is 6.09. The average molecular weight is 209 g/mol. The van der Waals surface area contributed by atoms with Gasteiger partial charge in [-0.25, -0.2) is 0 Å². The van der Waals surface area contributed by atoms with E-state index in [0.717, 1.165) is 5.75 Å². The Morgan fingerprint density at radius 1 is 1.79 bits per heavy atom. The van der Waals surface area contributed by atoms with Gasteiger partial charge in [-0.1, -0.05) is 17.7 Å². The summed E-state index contributed by atoms with van der Waals surface area (Å²) < 4.78 is 0. The zero-order valence-electron chi connectivity index (χ0n) is 7.83. The van der Waals surface area contributed by atoms with Crippen LogP contribution in [-0.2, 0) is 4.79 Å². The highest BCUT2D eigenvalue weighted by Crippen LogP contribution is 2.02. The van der Waals surface area contributed by atoms with Crippen molar-refractivity contribution < 1.29 is 4.79 Å². The Kier molecular flexibility index (Phi) is 4.08. The largest absolute Gasteiger partial charge is 0.382 e. The summed E-state index contributed by atoms with van der Waals surface area (Å²) in [5.74, 6) is 6.95. The van der Waals surface area contributed by atoms with Crippen molar-refractivity contribution in [2.24, 2.45) is 0 Å². The third-order valence-electron chi connectivity index (χ3n) is 1.35. The molecule has 0 amide bonds. The number of H-pyrrole nitrogens is 1. The minimum absolute atomic E-state index is 0.123. The summed E-state index contributed by atoms with van der Waals surface area (Å²) in [7, 11) is 0. The van der Waals surface area contributed by atoms with E-state index < -0.39 is 0 Å². The van der Waals surface area contributed by atoms with Crippen LogP contribution in [0.5, 0.6) is 0 Å². The Bertz CT molecular complexity index is 375. The lowest BCUT2D eigenvalue weighted by atomic mass is 10.4. The Balaban J connectivity index is 2.30. The molecule has 0 bridgehead atoms. The van der Waals surface area contributed by atoms with E-state index in [4.69, 9.17) is 5.73 Å². The van der Waals surface area contributed by atoms with Gasteiger partial charge in [0.15, 0.2) is 5.12 Å². The first kappa shape index (κ1) is 10.7. The smallest absolute Gasteiger partial charge is 0.185 e. The van der Waals surface area contributed by atoms with Crippen molar-refractivity contribution in [3.63, 3.8) is 0 Å². The molecule has 3 N–H and O–H groups in total. The van der Waals surface area contributed by atoms with Crippen LogP contribution < -0.4 is 5.73 Å². The van der Waals surface area contributed by atoms with Crippen molar-refractivity contribution in [3.05, 3.63) is 11.8 Å². The predicted octanol–water partition coefficient (Wildman–Crippen LogP) is 1.01. The molecule has 4 nitrogen and oxygen atoms in total. The van der Waals surface area contributed by atoms with E-state index in [1.54, 1.807) is 13.0 Å². The summed E-state index contributed by atoms with van der Waals surface area (Å²) in [5, 5.41) is 6.54. The van der Waals surface area contributed by atoms with Crippen LogP contribution >= 0.6 is 11.8 Å². The minimum Gasteiger partial charge on any atom is -0.382 e. The molecule has 0 aliphatic heterocycles. The first-order chi connectivity index (χ1) is 6.68. The highest BCUT2D eigenvalue weighted by atomic mass is 32.2. The lowest BCUT2D eigenvalue weighted by Crippen LogP contribution is -1.84. The SMILES string of the molecule is CC(=O)SCCC#Cc1cc(N)n[nH]1. The maximum atomic E-state index is 10.6. The molecule has 74 valence electrons. The summed E-state index contributed by atoms with van der Waals surface area (Å²) >= 11 is 1.28. The first-order valence-corrected chi connectivity index (χ1v) is 5.10. The molecule has 0 aromatic carbocycles. The molecule has 0 saturated carbocycles. The van der Waals surface area contributed by atoms with E-state index >= 15 is 0 Å². The van der Waals surface area contributed by atoms with Gasteiger partial charge in [0.1, 0.15) is 11.5 Å². The second-order valence-electron chi connectivity index (χ2n) is 2.60. The van der Waals surface area contributed by atoms with Gasteiger partial charge in [0.2, 0.25) is 0 Å². The van der Waals surface area contributed by atoms with Crippen molar-refractivity contribution in [3.8, 4) is 11.8 Å². The lowest BCUT2D eigenvalue weighted by Gasteiger charge is -1.87. The molecular weight excluding hydrogens is 198 g/mol. The molecule has 0 spiro atoms. The van der Waals surface area contributed by atoms with Crippen LogP contribution in [0.15, 0.2) is 6.07 Å². The number of hydrogen-bond acceptors (Lipinski definition) is 4. The average Bonchev–Trinajstić information content (AvgIpc) is 2.50. The number of nitrogen functional groups attached to an aromatic ring is 1. The van der Waals surface area contributed by atoms with Crippen LogP contribution in [0.25, 0.3) is 0 Å². The lowest BCUT2D eigenvalue weighted by molar-refractivity contribution is -0.109. The van der Waals surface area contributed by atoms with E-state index in [1.807, 2.05) is 0 Å². The zero-order valence-corrected chi connectivity index (χ0v) is 8.65. The van der Waals surface area contributed by atoms with Gasteiger partial charge < -0.3 is 5.73 Å². The molecule has 1 heterocycles. The normalized spacial score (nSPS) is 9.21. The maximum Gasteiger partial charge on any atom is 0.185 e. The van der Waals surface area contributed by atoms with Gasteiger partial charge in [-0.2, -0.15) is 5.10 Å².